The third-order valence-corrected chi connectivity index (χ3v) is 3.69. The minimum Gasteiger partial charge on any atom is -0.392 e. The Labute approximate surface area is 114 Å². The smallest absolute Gasteiger partial charge is 0.0681 e. The van der Waals surface area contributed by atoms with Gasteiger partial charge in [0.25, 0.3) is 0 Å². The molecule has 1 fully saturated rings. The van der Waals surface area contributed by atoms with Gasteiger partial charge in [0.05, 0.1) is 6.61 Å². The van der Waals surface area contributed by atoms with Gasteiger partial charge in [-0.15, -0.1) is 0 Å². The van der Waals surface area contributed by atoms with Gasteiger partial charge in [-0.05, 0) is 47.6 Å². The van der Waals surface area contributed by atoms with Crippen LogP contribution in [0.4, 0.5) is 5.69 Å². The van der Waals surface area contributed by atoms with Crippen LogP contribution in [0, 0.1) is 0 Å². The van der Waals surface area contributed by atoms with Crippen LogP contribution in [0.3, 0.4) is 0 Å². The molecule has 0 radical (unpaired) electrons. The maximum atomic E-state index is 9.02. The molecular weight excluding hydrogens is 234 g/mol. The molecule has 1 aliphatic carbocycles. The summed E-state index contributed by atoms with van der Waals surface area (Å²) in [4.78, 5) is 0. The van der Waals surface area contributed by atoms with Crippen molar-refractivity contribution in [3.8, 4) is 0 Å². The molecule has 2 aromatic rings. The standard InChI is InChI=1S/C17H19NO/c19-12-13-5-9-16(10-6-13)18-11-15-3-1-2-4-17(15)14-7-8-14/h1-6,9-10,14,18-19H,7-8,11-12H2. The van der Waals surface area contributed by atoms with Gasteiger partial charge in [-0.1, -0.05) is 36.4 Å². The van der Waals surface area contributed by atoms with Crippen LogP contribution in [0.5, 0.6) is 0 Å². The van der Waals surface area contributed by atoms with Gasteiger partial charge in [-0.3, -0.25) is 0 Å². The van der Waals surface area contributed by atoms with Gasteiger partial charge in [0, 0.05) is 12.2 Å². The summed E-state index contributed by atoms with van der Waals surface area (Å²) in [5.41, 5.74) is 4.95. The van der Waals surface area contributed by atoms with Crippen molar-refractivity contribution in [3.63, 3.8) is 0 Å². The highest BCUT2D eigenvalue weighted by Gasteiger charge is 2.25. The van der Waals surface area contributed by atoms with Crippen LogP contribution in [0.2, 0.25) is 0 Å². The second-order valence-electron chi connectivity index (χ2n) is 5.18. The molecule has 19 heavy (non-hydrogen) atoms. The predicted molar refractivity (Wildman–Crippen MR) is 78.1 cm³/mol. The first-order valence-electron chi connectivity index (χ1n) is 6.88. The number of hydrogen-bond acceptors (Lipinski definition) is 2. The maximum absolute atomic E-state index is 9.02. The SMILES string of the molecule is OCc1ccc(NCc2ccccc2C2CC2)cc1. The fourth-order valence-corrected chi connectivity index (χ4v) is 2.41. The zero-order valence-electron chi connectivity index (χ0n) is 11.0. The minimum absolute atomic E-state index is 0.102. The molecule has 2 N–H and O–H groups in total. The van der Waals surface area contributed by atoms with E-state index in [-0.39, 0.29) is 6.61 Å². The Morgan fingerprint density at radius 2 is 1.74 bits per heavy atom. The highest BCUT2D eigenvalue weighted by molar-refractivity contribution is 5.46. The first kappa shape index (κ1) is 12.2. The van der Waals surface area contributed by atoms with Gasteiger partial charge in [-0.2, -0.15) is 0 Å². The Morgan fingerprint density at radius 3 is 2.42 bits per heavy atom. The van der Waals surface area contributed by atoms with Gasteiger partial charge in [0.2, 0.25) is 0 Å². The van der Waals surface area contributed by atoms with Gasteiger partial charge in [0.15, 0.2) is 0 Å². The molecule has 2 nitrogen and oxygen atoms in total. The Bertz CT molecular complexity index is 543. The van der Waals surface area contributed by atoms with Crippen LogP contribution in [0.15, 0.2) is 48.5 Å². The fraction of sp³-hybridized carbons (Fsp3) is 0.294. The molecule has 2 aromatic carbocycles. The molecule has 0 atom stereocenters. The normalized spacial score (nSPS) is 14.4. The highest BCUT2D eigenvalue weighted by atomic mass is 16.3. The molecule has 0 heterocycles. The lowest BCUT2D eigenvalue weighted by atomic mass is 10.0. The van der Waals surface area contributed by atoms with Crippen molar-refractivity contribution in [2.24, 2.45) is 0 Å². The Kier molecular flexibility index (Phi) is 3.51. The summed E-state index contributed by atoms with van der Waals surface area (Å²) in [5, 5.41) is 12.5. The van der Waals surface area contributed by atoms with E-state index in [0.29, 0.717) is 0 Å². The molecule has 0 amide bonds. The van der Waals surface area contributed by atoms with Gasteiger partial charge < -0.3 is 10.4 Å². The first-order valence-corrected chi connectivity index (χ1v) is 6.88. The van der Waals surface area contributed by atoms with Crippen LogP contribution in [-0.4, -0.2) is 5.11 Å². The van der Waals surface area contributed by atoms with E-state index in [4.69, 9.17) is 5.11 Å². The predicted octanol–water partition coefficient (Wildman–Crippen LogP) is 3.67. The minimum atomic E-state index is 0.102. The summed E-state index contributed by atoms with van der Waals surface area (Å²) in [7, 11) is 0. The van der Waals surface area contributed by atoms with Crippen molar-refractivity contribution >= 4 is 5.69 Å². The molecule has 0 spiro atoms. The van der Waals surface area contributed by atoms with Crippen LogP contribution in [0.25, 0.3) is 0 Å². The number of rotatable bonds is 5. The second-order valence-corrected chi connectivity index (χ2v) is 5.18. The summed E-state index contributed by atoms with van der Waals surface area (Å²) < 4.78 is 0. The third-order valence-electron chi connectivity index (χ3n) is 3.69. The van der Waals surface area contributed by atoms with Crippen LogP contribution in [-0.2, 0) is 13.2 Å². The average molecular weight is 253 g/mol. The molecular formula is C17H19NO. The molecule has 98 valence electrons. The fourth-order valence-electron chi connectivity index (χ4n) is 2.41. The average Bonchev–Trinajstić information content (AvgIpc) is 3.30. The van der Waals surface area contributed by atoms with Gasteiger partial charge in [0.1, 0.15) is 0 Å². The van der Waals surface area contributed by atoms with Gasteiger partial charge in [-0.25, -0.2) is 0 Å². The second kappa shape index (κ2) is 5.45. The number of anilines is 1. The lowest BCUT2D eigenvalue weighted by Crippen LogP contribution is -2.02. The van der Waals surface area contributed by atoms with E-state index in [0.717, 1.165) is 23.7 Å². The van der Waals surface area contributed by atoms with Crippen molar-refractivity contribution in [2.75, 3.05) is 5.32 Å². The van der Waals surface area contributed by atoms with E-state index < -0.39 is 0 Å². The summed E-state index contributed by atoms with van der Waals surface area (Å²) in [6, 6.07) is 16.7. The van der Waals surface area contributed by atoms with E-state index in [1.54, 1.807) is 0 Å². The Morgan fingerprint density at radius 1 is 1.00 bits per heavy atom. The molecule has 0 unspecified atom stereocenters. The van der Waals surface area contributed by atoms with Crippen molar-refractivity contribution in [3.05, 3.63) is 65.2 Å². The van der Waals surface area contributed by atoms with E-state index in [2.05, 4.69) is 29.6 Å². The first-order chi connectivity index (χ1) is 9.36. The van der Waals surface area contributed by atoms with Gasteiger partial charge >= 0.3 is 0 Å². The third kappa shape index (κ3) is 2.96. The Balaban J connectivity index is 1.68. The molecule has 2 heteroatoms. The van der Waals surface area contributed by atoms with Crippen molar-refractivity contribution in [2.45, 2.75) is 31.9 Å². The zero-order chi connectivity index (χ0) is 13.1. The van der Waals surface area contributed by atoms with E-state index >= 15 is 0 Å². The van der Waals surface area contributed by atoms with Crippen LogP contribution < -0.4 is 5.32 Å². The van der Waals surface area contributed by atoms with E-state index in [1.165, 1.54) is 24.0 Å². The topological polar surface area (TPSA) is 32.3 Å². The largest absolute Gasteiger partial charge is 0.392 e. The van der Waals surface area contributed by atoms with Crippen molar-refractivity contribution < 1.29 is 5.11 Å². The molecule has 0 aromatic heterocycles. The number of benzene rings is 2. The molecule has 0 saturated heterocycles. The number of hydrogen-bond donors (Lipinski definition) is 2. The highest BCUT2D eigenvalue weighted by Crippen LogP contribution is 2.41. The number of aliphatic hydroxyl groups is 1. The molecule has 1 saturated carbocycles. The van der Waals surface area contributed by atoms with E-state index in [1.807, 2.05) is 24.3 Å². The number of aliphatic hydroxyl groups excluding tert-OH is 1. The summed E-state index contributed by atoms with van der Waals surface area (Å²) in [6.07, 6.45) is 2.67. The summed E-state index contributed by atoms with van der Waals surface area (Å²) in [5.74, 6) is 0.787. The lowest BCUT2D eigenvalue weighted by molar-refractivity contribution is 0.282. The molecule has 0 bridgehead atoms. The molecule has 0 aliphatic heterocycles. The monoisotopic (exact) mass is 253 g/mol. The summed E-state index contributed by atoms with van der Waals surface area (Å²) >= 11 is 0. The molecule has 3 rings (SSSR count). The lowest BCUT2D eigenvalue weighted by Gasteiger charge is -2.11. The van der Waals surface area contributed by atoms with Crippen LogP contribution >= 0.6 is 0 Å². The number of nitrogens with one attached hydrogen (secondary N) is 1. The van der Waals surface area contributed by atoms with Crippen molar-refractivity contribution in [1.82, 2.24) is 0 Å². The summed E-state index contributed by atoms with van der Waals surface area (Å²) in [6.45, 7) is 0.968. The van der Waals surface area contributed by atoms with Crippen LogP contribution in [0.1, 0.15) is 35.4 Å². The maximum Gasteiger partial charge on any atom is 0.0681 e. The van der Waals surface area contributed by atoms with E-state index in [9.17, 15) is 0 Å². The quantitative estimate of drug-likeness (QED) is 0.852. The Hall–Kier alpha value is -1.80. The molecule has 1 aliphatic rings. The van der Waals surface area contributed by atoms with Crippen molar-refractivity contribution in [1.29, 1.82) is 0 Å². The zero-order valence-corrected chi connectivity index (χ0v) is 11.0.